The lowest BCUT2D eigenvalue weighted by Gasteiger charge is -2.20. The maximum Gasteiger partial charge on any atom is 0.243 e. The van der Waals surface area contributed by atoms with E-state index in [2.05, 4.69) is 17.3 Å². The van der Waals surface area contributed by atoms with E-state index in [4.69, 9.17) is 5.84 Å². The number of hydrogen-bond acceptors (Lipinski definition) is 5. The van der Waals surface area contributed by atoms with E-state index in [9.17, 15) is 8.42 Å². The van der Waals surface area contributed by atoms with Crippen molar-refractivity contribution < 1.29 is 8.42 Å². The van der Waals surface area contributed by atoms with Crippen LogP contribution >= 0.6 is 0 Å². The minimum atomic E-state index is -3.45. The number of anilines is 1. The third-order valence-corrected chi connectivity index (χ3v) is 5.80. The zero-order chi connectivity index (χ0) is 14.6. The van der Waals surface area contributed by atoms with Crippen molar-refractivity contribution in [1.82, 2.24) is 9.29 Å². The average molecular weight is 298 g/mol. The van der Waals surface area contributed by atoms with Gasteiger partial charge in [0.15, 0.2) is 0 Å². The topological polar surface area (TPSA) is 88.3 Å². The predicted octanol–water partition coefficient (Wildman–Crippen LogP) is 1.57. The van der Waals surface area contributed by atoms with Gasteiger partial charge in [0.05, 0.1) is 4.90 Å². The van der Waals surface area contributed by atoms with Crippen LogP contribution in [-0.4, -0.2) is 30.8 Å². The van der Waals surface area contributed by atoms with Crippen LogP contribution in [0.3, 0.4) is 0 Å². The zero-order valence-corrected chi connectivity index (χ0v) is 12.6. The van der Waals surface area contributed by atoms with Gasteiger partial charge in [0, 0.05) is 25.4 Å². The van der Waals surface area contributed by atoms with Crippen molar-refractivity contribution in [2.75, 3.05) is 18.5 Å². The maximum atomic E-state index is 12.6. The molecule has 1 aromatic rings. The van der Waals surface area contributed by atoms with Crippen LogP contribution in [0.2, 0.25) is 0 Å². The molecule has 0 saturated carbocycles. The largest absolute Gasteiger partial charge is 0.308 e. The standard InChI is InChI=1S/C13H22N4O2S/c1-2-11-4-3-8-17(9-6-11)20(18,19)12-5-7-15-13(10-12)16-14/h5,7,10-11H,2-4,6,8-9,14H2,1H3,(H,15,16). The molecule has 7 heteroatoms. The van der Waals surface area contributed by atoms with Crippen LogP contribution in [0.1, 0.15) is 32.6 Å². The Bertz CT molecular complexity index is 547. The molecule has 0 aliphatic carbocycles. The van der Waals surface area contributed by atoms with Crippen LogP contribution in [0.25, 0.3) is 0 Å². The van der Waals surface area contributed by atoms with Gasteiger partial charge in [-0.25, -0.2) is 19.2 Å². The van der Waals surface area contributed by atoms with Gasteiger partial charge in [0.1, 0.15) is 5.82 Å². The fourth-order valence-corrected chi connectivity index (χ4v) is 4.09. The molecule has 0 aromatic carbocycles. The monoisotopic (exact) mass is 298 g/mol. The molecule has 20 heavy (non-hydrogen) atoms. The SMILES string of the molecule is CCC1CCCN(S(=O)(=O)c2ccnc(NN)c2)CC1. The van der Waals surface area contributed by atoms with Crippen LogP contribution in [0.5, 0.6) is 0 Å². The van der Waals surface area contributed by atoms with Crippen molar-refractivity contribution in [3.05, 3.63) is 18.3 Å². The van der Waals surface area contributed by atoms with Crippen molar-refractivity contribution in [1.29, 1.82) is 0 Å². The highest BCUT2D eigenvalue weighted by Crippen LogP contribution is 2.25. The number of rotatable bonds is 4. The van der Waals surface area contributed by atoms with Crippen LogP contribution in [-0.2, 0) is 10.0 Å². The number of hydrogen-bond donors (Lipinski definition) is 2. The van der Waals surface area contributed by atoms with Crippen molar-refractivity contribution >= 4 is 15.8 Å². The minimum absolute atomic E-state index is 0.246. The number of nitrogens with one attached hydrogen (secondary N) is 1. The first-order chi connectivity index (χ1) is 9.57. The normalized spacial score (nSPS) is 21.4. The lowest BCUT2D eigenvalue weighted by Crippen LogP contribution is -2.32. The van der Waals surface area contributed by atoms with E-state index in [1.165, 1.54) is 18.3 Å². The minimum Gasteiger partial charge on any atom is -0.308 e. The van der Waals surface area contributed by atoms with Gasteiger partial charge in [-0.15, -0.1) is 0 Å². The second kappa shape index (κ2) is 6.51. The highest BCUT2D eigenvalue weighted by atomic mass is 32.2. The summed E-state index contributed by atoms with van der Waals surface area (Å²) in [5.41, 5.74) is 2.38. The molecule has 0 bridgehead atoms. The lowest BCUT2D eigenvalue weighted by molar-refractivity contribution is 0.407. The maximum absolute atomic E-state index is 12.6. The highest BCUT2D eigenvalue weighted by molar-refractivity contribution is 7.89. The van der Waals surface area contributed by atoms with E-state index >= 15 is 0 Å². The Kier molecular flexibility index (Phi) is 4.95. The van der Waals surface area contributed by atoms with Gasteiger partial charge in [-0.1, -0.05) is 13.3 Å². The molecule has 0 amide bonds. The quantitative estimate of drug-likeness (QED) is 0.650. The van der Waals surface area contributed by atoms with Crippen molar-refractivity contribution in [3.63, 3.8) is 0 Å². The van der Waals surface area contributed by atoms with Gasteiger partial charge in [-0.05, 0) is 31.2 Å². The molecule has 0 spiro atoms. The zero-order valence-electron chi connectivity index (χ0n) is 11.7. The number of sulfonamides is 1. The summed E-state index contributed by atoms with van der Waals surface area (Å²) in [7, 11) is -3.45. The third kappa shape index (κ3) is 3.28. The molecule has 1 atom stereocenters. The number of hydrazine groups is 1. The van der Waals surface area contributed by atoms with Crippen molar-refractivity contribution in [2.24, 2.45) is 11.8 Å². The summed E-state index contributed by atoms with van der Waals surface area (Å²) < 4.78 is 26.8. The predicted molar refractivity (Wildman–Crippen MR) is 78.4 cm³/mol. The van der Waals surface area contributed by atoms with E-state index in [1.807, 2.05) is 0 Å². The Hall–Kier alpha value is -1.18. The van der Waals surface area contributed by atoms with Crippen molar-refractivity contribution in [2.45, 2.75) is 37.5 Å². The smallest absolute Gasteiger partial charge is 0.243 e. The van der Waals surface area contributed by atoms with Gasteiger partial charge >= 0.3 is 0 Å². The summed E-state index contributed by atoms with van der Waals surface area (Å²) in [5, 5.41) is 0. The molecule has 112 valence electrons. The summed E-state index contributed by atoms with van der Waals surface area (Å²) >= 11 is 0. The number of aromatic nitrogens is 1. The van der Waals surface area contributed by atoms with E-state index in [0.29, 0.717) is 24.8 Å². The molecule has 6 nitrogen and oxygen atoms in total. The van der Waals surface area contributed by atoms with E-state index in [-0.39, 0.29) is 4.90 Å². The van der Waals surface area contributed by atoms with Crippen LogP contribution < -0.4 is 11.3 Å². The van der Waals surface area contributed by atoms with Crippen LogP contribution in [0.15, 0.2) is 23.2 Å². The molecule has 1 fully saturated rings. The second-order valence-electron chi connectivity index (χ2n) is 5.13. The second-order valence-corrected chi connectivity index (χ2v) is 7.07. The Labute approximate surface area is 120 Å². The average Bonchev–Trinajstić information content (AvgIpc) is 2.73. The van der Waals surface area contributed by atoms with E-state index in [1.54, 1.807) is 4.31 Å². The first-order valence-electron chi connectivity index (χ1n) is 7.00. The van der Waals surface area contributed by atoms with Gasteiger partial charge in [-0.3, -0.25) is 0 Å². The Balaban J connectivity index is 2.21. The summed E-state index contributed by atoms with van der Waals surface area (Å²) in [6, 6.07) is 2.98. The van der Waals surface area contributed by atoms with Gasteiger partial charge in [-0.2, -0.15) is 4.31 Å². The van der Waals surface area contributed by atoms with Gasteiger partial charge in [0.2, 0.25) is 10.0 Å². The molecular formula is C13H22N4O2S. The fraction of sp³-hybridized carbons (Fsp3) is 0.615. The molecule has 1 aliphatic rings. The molecule has 2 heterocycles. The molecule has 3 N–H and O–H groups in total. The number of nitrogens with zero attached hydrogens (tertiary/aromatic N) is 2. The summed E-state index contributed by atoms with van der Waals surface area (Å²) in [4.78, 5) is 4.19. The van der Waals surface area contributed by atoms with Crippen LogP contribution in [0.4, 0.5) is 5.82 Å². The van der Waals surface area contributed by atoms with Gasteiger partial charge < -0.3 is 5.43 Å². The molecular weight excluding hydrogens is 276 g/mol. The summed E-state index contributed by atoms with van der Waals surface area (Å²) in [6.07, 6.45) is 5.53. The Morgan fingerprint density at radius 3 is 2.95 bits per heavy atom. The van der Waals surface area contributed by atoms with E-state index in [0.717, 1.165) is 25.7 Å². The van der Waals surface area contributed by atoms with Crippen LogP contribution in [0, 0.1) is 5.92 Å². The molecule has 2 rings (SSSR count). The summed E-state index contributed by atoms with van der Waals surface area (Å²) in [5.74, 6) is 6.27. The first kappa shape index (κ1) is 15.2. The Morgan fingerprint density at radius 2 is 2.25 bits per heavy atom. The fourth-order valence-electron chi connectivity index (χ4n) is 2.59. The Morgan fingerprint density at radius 1 is 1.45 bits per heavy atom. The number of pyridine rings is 1. The highest BCUT2D eigenvalue weighted by Gasteiger charge is 2.27. The van der Waals surface area contributed by atoms with E-state index < -0.39 is 10.0 Å². The van der Waals surface area contributed by atoms with Gasteiger partial charge in [0.25, 0.3) is 0 Å². The first-order valence-corrected chi connectivity index (χ1v) is 8.44. The summed E-state index contributed by atoms with van der Waals surface area (Å²) in [6.45, 7) is 3.35. The number of nitrogen functional groups attached to an aromatic ring is 1. The molecule has 1 saturated heterocycles. The molecule has 1 aromatic heterocycles. The number of nitrogens with two attached hydrogens (primary N) is 1. The third-order valence-electron chi connectivity index (χ3n) is 3.90. The lowest BCUT2D eigenvalue weighted by atomic mass is 9.98. The molecule has 0 radical (unpaired) electrons. The van der Waals surface area contributed by atoms with Crippen molar-refractivity contribution in [3.8, 4) is 0 Å². The molecule has 1 unspecified atom stereocenters. The molecule has 1 aliphatic heterocycles.